The molecule has 0 heterocycles. The minimum Gasteiger partial charge on any atom is -0.494 e. The van der Waals surface area contributed by atoms with Gasteiger partial charge in [-0.1, -0.05) is 42.5 Å². The van der Waals surface area contributed by atoms with Crippen molar-refractivity contribution in [1.29, 1.82) is 0 Å². The van der Waals surface area contributed by atoms with Crippen LogP contribution in [0.2, 0.25) is 0 Å². The fourth-order valence-electron chi connectivity index (χ4n) is 2.56. The quantitative estimate of drug-likeness (QED) is 0.483. The number of carbonyl (C=O) groups excluding carboxylic acids is 1. The van der Waals surface area contributed by atoms with Gasteiger partial charge in [-0.3, -0.25) is 4.79 Å². The second kappa shape index (κ2) is 12.1. The summed E-state index contributed by atoms with van der Waals surface area (Å²) < 4.78 is 10.4. The molecule has 2 aromatic carbocycles. The first-order valence-electron chi connectivity index (χ1n) is 8.68. The Kier molecular flexibility index (Phi) is 10.1. The molecule has 0 aliphatic rings. The molecule has 2 rings (SSSR count). The summed E-state index contributed by atoms with van der Waals surface area (Å²) in [6.07, 6.45) is 2.28. The van der Waals surface area contributed by atoms with Gasteiger partial charge in [0.2, 0.25) is 0 Å². The largest absolute Gasteiger partial charge is 0.494 e. The maximum atomic E-state index is 11.1. The van der Waals surface area contributed by atoms with Gasteiger partial charge in [0.1, 0.15) is 5.75 Å². The van der Waals surface area contributed by atoms with Crippen LogP contribution in [0.5, 0.6) is 5.75 Å². The van der Waals surface area contributed by atoms with Gasteiger partial charge in [-0.2, -0.15) is 0 Å². The van der Waals surface area contributed by atoms with E-state index in [2.05, 4.69) is 46.0 Å². The van der Waals surface area contributed by atoms with E-state index in [9.17, 15) is 4.79 Å². The van der Waals surface area contributed by atoms with E-state index < -0.39 is 0 Å². The minimum absolute atomic E-state index is 0. The van der Waals surface area contributed by atoms with Crippen molar-refractivity contribution >= 4 is 5.97 Å². The Bertz CT molecular complexity index is 628. The van der Waals surface area contributed by atoms with Crippen molar-refractivity contribution in [3.05, 3.63) is 65.7 Å². The molecule has 26 heavy (non-hydrogen) atoms. The van der Waals surface area contributed by atoms with Crippen LogP contribution >= 0.6 is 0 Å². The SMILES string of the molecule is COC(=O)CCN(C)CCCOc1ccc(Cc2ccccc2)cc1.O. The van der Waals surface area contributed by atoms with Gasteiger partial charge < -0.3 is 19.8 Å². The first-order chi connectivity index (χ1) is 12.2. The number of nitrogens with zero attached hydrogens (tertiary/aromatic N) is 1. The molecule has 0 aliphatic carbocycles. The molecule has 0 spiro atoms. The number of ether oxygens (including phenoxy) is 2. The number of benzene rings is 2. The number of hydrogen-bond donors (Lipinski definition) is 0. The Morgan fingerprint density at radius 3 is 2.27 bits per heavy atom. The normalized spacial score (nSPS) is 10.3. The molecule has 2 aromatic rings. The molecule has 0 atom stereocenters. The summed E-state index contributed by atoms with van der Waals surface area (Å²) in [5.74, 6) is 0.729. The molecule has 2 N–H and O–H groups in total. The van der Waals surface area contributed by atoms with E-state index >= 15 is 0 Å². The number of esters is 1. The van der Waals surface area contributed by atoms with Crippen molar-refractivity contribution < 1.29 is 19.7 Å². The van der Waals surface area contributed by atoms with Crippen molar-refractivity contribution in [3.8, 4) is 5.75 Å². The summed E-state index contributed by atoms with van der Waals surface area (Å²) in [5, 5.41) is 0. The summed E-state index contributed by atoms with van der Waals surface area (Å²) in [6.45, 7) is 2.27. The zero-order valence-electron chi connectivity index (χ0n) is 15.6. The van der Waals surface area contributed by atoms with Crippen molar-refractivity contribution in [1.82, 2.24) is 4.90 Å². The Balaban J connectivity index is 0.00000338. The van der Waals surface area contributed by atoms with Crippen LogP contribution in [0.3, 0.4) is 0 Å². The topological polar surface area (TPSA) is 70.3 Å². The molecule has 0 aliphatic heterocycles. The maximum absolute atomic E-state index is 11.1. The van der Waals surface area contributed by atoms with Crippen molar-refractivity contribution in [2.75, 3.05) is 33.9 Å². The Morgan fingerprint density at radius 1 is 0.962 bits per heavy atom. The molecule has 5 heteroatoms. The van der Waals surface area contributed by atoms with Gasteiger partial charge in [-0.05, 0) is 43.1 Å². The molecule has 0 amide bonds. The van der Waals surface area contributed by atoms with Crippen molar-refractivity contribution in [2.45, 2.75) is 19.3 Å². The molecule has 0 aromatic heterocycles. The minimum atomic E-state index is -0.168. The summed E-state index contributed by atoms with van der Waals surface area (Å²) in [4.78, 5) is 13.2. The highest BCUT2D eigenvalue weighted by Gasteiger charge is 2.04. The molecule has 142 valence electrons. The number of rotatable bonds is 10. The third-order valence-electron chi connectivity index (χ3n) is 4.05. The average molecular weight is 359 g/mol. The third kappa shape index (κ3) is 8.14. The number of hydrogen-bond acceptors (Lipinski definition) is 4. The second-order valence-electron chi connectivity index (χ2n) is 6.14. The highest BCUT2D eigenvalue weighted by atomic mass is 16.5. The lowest BCUT2D eigenvalue weighted by Gasteiger charge is -2.16. The van der Waals surface area contributed by atoms with Gasteiger partial charge in [0, 0.05) is 13.1 Å². The lowest BCUT2D eigenvalue weighted by molar-refractivity contribution is -0.140. The molecule has 0 bridgehead atoms. The fourth-order valence-corrected chi connectivity index (χ4v) is 2.56. The van der Waals surface area contributed by atoms with Crippen LogP contribution in [0, 0.1) is 0 Å². The molecular weight excluding hydrogens is 330 g/mol. The van der Waals surface area contributed by atoms with Crippen LogP contribution in [-0.2, 0) is 16.0 Å². The predicted octanol–water partition coefficient (Wildman–Crippen LogP) is 2.72. The van der Waals surface area contributed by atoms with Gasteiger partial charge >= 0.3 is 5.97 Å². The zero-order valence-corrected chi connectivity index (χ0v) is 15.6. The first kappa shape index (κ1) is 21.7. The summed E-state index contributed by atoms with van der Waals surface area (Å²) in [5.41, 5.74) is 2.59. The molecule has 5 nitrogen and oxygen atoms in total. The molecule has 0 saturated heterocycles. The molecule has 0 unspecified atom stereocenters. The standard InChI is InChI=1S/C21H27NO3.H2O/c1-22(15-13-21(23)24-2)14-6-16-25-20-11-9-19(10-12-20)17-18-7-4-3-5-8-18;/h3-5,7-12H,6,13-17H2,1-2H3;1H2. The van der Waals surface area contributed by atoms with Crippen LogP contribution in [0.25, 0.3) is 0 Å². The van der Waals surface area contributed by atoms with Gasteiger partial charge in [0.15, 0.2) is 0 Å². The summed E-state index contributed by atoms with van der Waals surface area (Å²) in [7, 11) is 3.42. The second-order valence-corrected chi connectivity index (χ2v) is 6.14. The van der Waals surface area contributed by atoms with Gasteiger partial charge in [-0.25, -0.2) is 0 Å². The average Bonchev–Trinajstić information content (AvgIpc) is 2.65. The number of carbonyl (C=O) groups is 1. The lowest BCUT2D eigenvalue weighted by atomic mass is 10.1. The van der Waals surface area contributed by atoms with Crippen molar-refractivity contribution in [2.24, 2.45) is 0 Å². The Hall–Kier alpha value is -2.37. The van der Waals surface area contributed by atoms with Crippen LogP contribution in [0.4, 0.5) is 0 Å². The van der Waals surface area contributed by atoms with E-state index in [1.165, 1.54) is 18.2 Å². The van der Waals surface area contributed by atoms with E-state index in [1.807, 2.05) is 25.2 Å². The zero-order chi connectivity index (χ0) is 17.9. The highest BCUT2D eigenvalue weighted by molar-refractivity contribution is 5.69. The van der Waals surface area contributed by atoms with Gasteiger partial charge in [0.25, 0.3) is 0 Å². The lowest BCUT2D eigenvalue weighted by Crippen LogP contribution is -2.24. The molecule has 0 saturated carbocycles. The number of methoxy groups -OCH3 is 1. The molecule has 0 fully saturated rings. The van der Waals surface area contributed by atoms with Gasteiger partial charge in [0.05, 0.1) is 20.1 Å². The van der Waals surface area contributed by atoms with Gasteiger partial charge in [-0.15, -0.1) is 0 Å². The van der Waals surface area contributed by atoms with Crippen LogP contribution in [-0.4, -0.2) is 50.2 Å². The smallest absolute Gasteiger partial charge is 0.306 e. The third-order valence-corrected chi connectivity index (χ3v) is 4.05. The Morgan fingerprint density at radius 2 is 1.62 bits per heavy atom. The maximum Gasteiger partial charge on any atom is 0.306 e. The van der Waals surface area contributed by atoms with E-state index in [4.69, 9.17) is 4.74 Å². The predicted molar refractivity (Wildman–Crippen MR) is 104 cm³/mol. The van der Waals surface area contributed by atoms with E-state index in [0.717, 1.165) is 25.1 Å². The summed E-state index contributed by atoms with van der Waals surface area (Å²) >= 11 is 0. The van der Waals surface area contributed by atoms with Crippen molar-refractivity contribution in [3.63, 3.8) is 0 Å². The van der Waals surface area contributed by atoms with Crippen LogP contribution in [0.15, 0.2) is 54.6 Å². The monoisotopic (exact) mass is 359 g/mol. The molecule has 0 radical (unpaired) electrons. The Labute approximate surface area is 155 Å². The fraction of sp³-hybridized carbons (Fsp3) is 0.381. The molecular formula is C21H29NO4. The van der Waals surface area contributed by atoms with Crippen LogP contribution in [0.1, 0.15) is 24.0 Å². The summed E-state index contributed by atoms with van der Waals surface area (Å²) in [6, 6.07) is 18.7. The first-order valence-corrected chi connectivity index (χ1v) is 8.68. The van der Waals surface area contributed by atoms with Crippen LogP contribution < -0.4 is 4.74 Å². The van der Waals surface area contributed by atoms with E-state index in [-0.39, 0.29) is 11.4 Å². The van der Waals surface area contributed by atoms with E-state index in [1.54, 1.807) is 0 Å². The van der Waals surface area contributed by atoms with E-state index in [0.29, 0.717) is 19.6 Å². The highest BCUT2D eigenvalue weighted by Crippen LogP contribution is 2.15.